The van der Waals surface area contributed by atoms with Crippen LogP contribution in [0.25, 0.3) is 20.8 Å². The molecule has 0 saturated heterocycles. The number of esters is 1. The summed E-state index contributed by atoms with van der Waals surface area (Å²) in [5.41, 5.74) is 1.87. The number of hydrogen-bond acceptors (Lipinski definition) is 8. The Bertz CT molecular complexity index is 1180. The van der Waals surface area contributed by atoms with Crippen molar-refractivity contribution in [1.29, 1.82) is 0 Å². The maximum Gasteiger partial charge on any atom is 0.358 e. The number of anilines is 1. The van der Waals surface area contributed by atoms with Crippen molar-refractivity contribution in [3.8, 4) is 16.3 Å². The molecule has 1 amide bonds. The first kappa shape index (κ1) is 21.0. The molecule has 2 heterocycles. The number of rotatable bonds is 7. The third-order valence-electron chi connectivity index (χ3n) is 4.51. The fraction of sp³-hybridized carbons (Fsp3) is 0.182. The van der Waals surface area contributed by atoms with Crippen molar-refractivity contribution in [1.82, 2.24) is 9.97 Å². The topological polar surface area (TPSA) is 81.6 Å². The van der Waals surface area contributed by atoms with Crippen molar-refractivity contribution in [3.05, 3.63) is 59.6 Å². The Hall–Kier alpha value is -3.30. The molecule has 0 aliphatic carbocycles. The van der Waals surface area contributed by atoms with Crippen LogP contribution in [0, 0.1) is 0 Å². The first-order chi connectivity index (χ1) is 15.1. The zero-order valence-electron chi connectivity index (χ0n) is 16.9. The van der Waals surface area contributed by atoms with Gasteiger partial charge in [-0.25, -0.2) is 14.8 Å². The zero-order valence-corrected chi connectivity index (χ0v) is 18.5. The second-order valence-electron chi connectivity index (χ2n) is 6.44. The molecule has 2 aromatic heterocycles. The Kier molecular flexibility index (Phi) is 6.24. The lowest BCUT2D eigenvalue weighted by molar-refractivity contribution is -0.121. The van der Waals surface area contributed by atoms with E-state index in [4.69, 9.17) is 9.47 Å². The minimum Gasteiger partial charge on any atom is -0.497 e. The van der Waals surface area contributed by atoms with E-state index in [2.05, 4.69) is 9.97 Å². The summed E-state index contributed by atoms with van der Waals surface area (Å²) in [6, 6.07) is 15.1. The van der Waals surface area contributed by atoms with E-state index in [1.54, 1.807) is 12.5 Å². The number of ether oxygens (including phenoxy) is 2. The number of carbonyl (C=O) groups excluding carboxylic acids is 2. The molecule has 2 aromatic carbocycles. The van der Waals surface area contributed by atoms with Gasteiger partial charge < -0.3 is 9.47 Å². The minimum absolute atomic E-state index is 0.173. The SMILES string of the molecule is CCN(C(=O)COC(=O)c1csc(-c2ccc(OC)cc2)n1)c1nc2ccccc2s1. The lowest BCUT2D eigenvalue weighted by Gasteiger charge is -2.17. The highest BCUT2D eigenvalue weighted by Gasteiger charge is 2.21. The molecule has 158 valence electrons. The number of para-hydroxylation sites is 1. The predicted molar refractivity (Wildman–Crippen MR) is 122 cm³/mol. The largest absolute Gasteiger partial charge is 0.497 e. The molecular weight excluding hydrogens is 434 g/mol. The molecule has 9 heteroatoms. The van der Waals surface area contributed by atoms with Crippen LogP contribution in [0.4, 0.5) is 5.13 Å². The number of nitrogens with zero attached hydrogens (tertiary/aromatic N) is 3. The maximum atomic E-state index is 12.7. The van der Waals surface area contributed by atoms with Crippen LogP contribution in [0.2, 0.25) is 0 Å². The van der Waals surface area contributed by atoms with E-state index in [0.29, 0.717) is 16.7 Å². The van der Waals surface area contributed by atoms with Crippen LogP contribution < -0.4 is 9.64 Å². The summed E-state index contributed by atoms with van der Waals surface area (Å²) in [4.78, 5) is 35.4. The van der Waals surface area contributed by atoms with Gasteiger partial charge in [-0.15, -0.1) is 11.3 Å². The van der Waals surface area contributed by atoms with Crippen molar-refractivity contribution in [2.24, 2.45) is 0 Å². The summed E-state index contributed by atoms with van der Waals surface area (Å²) in [7, 11) is 1.60. The molecule has 0 aliphatic rings. The maximum absolute atomic E-state index is 12.7. The number of amides is 1. The molecule has 0 fully saturated rings. The van der Waals surface area contributed by atoms with Gasteiger partial charge in [0.25, 0.3) is 5.91 Å². The highest BCUT2D eigenvalue weighted by atomic mass is 32.1. The average molecular weight is 454 g/mol. The summed E-state index contributed by atoms with van der Waals surface area (Å²) in [6.07, 6.45) is 0. The second kappa shape index (κ2) is 9.23. The molecule has 0 bridgehead atoms. The van der Waals surface area contributed by atoms with E-state index in [1.807, 2.05) is 55.5 Å². The van der Waals surface area contributed by atoms with Gasteiger partial charge in [-0.1, -0.05) is 23.5 Å². The number of thiazole rings is 2. The molecule has 0 unspecified atom stereocenters. The van der Waals surface area contributed by atoms with Crippen LogP contribution in [0.5, 0.6) is 5.75 Å². The Balaban J connectivity index is 1.40. The van der Waals surface area contributed by atoms with Gasteiger partial charge in [-0.2, -0.15) is 0 Å². The normalized spacial score (nSPS) is 10.8. The molecule has 4 rings (SSSR count). The highest BCUT2D eigenvalue weighted by molar-refractivity contribution is 7.22. The first-order valence-corrected chi connectivity index (χ1v) is 11.2. The van der Waals surface area contributed by atoms with Gasteiger partial charge in [0.05, 0.1) is 17.3 Å². The smallest absolute Gasteiger partial charge is 0.358 e. The van der Waals surface area contributed by atoms with Crippen molar-refractivity contribution < 1.29 is 19.1 Å². The van der Waals surface area contributed by atoms with E-state index < -0.39 is 5.97 Å². The number of fused-ring (bicyclic) bond motifs is 1. The van der Waals surface area contributed by atoms with Crippen LogP contribution in [0.15, 0.2) is 53.9 Å². The molecule has 31 heavy (non-hydrogen) atoms. The van der Waals surface area contributed by atoms with E-state index >= 15 is 0 Å². The standard InChI is InChI=1S/C22H19N3O4S2/c1-3-25(22-24-16-6-4-5-7-18(16)31-22)19(26)12-29-21(27)17-13-30-20(23-17)14-8-10-15(28-2)11-9-14/h4-11,13H,3,12H2,1-2H3. The molecule has 0 spiro atoms. The first-order valence-electron chi connectivity index (χ1n) is 9.52. The summed E-state index contributed by atoms with van der Waals surface area (Å²) < 4.78 is 11.4. The second-order valence-corrected chi connectivity index (χ2v) is 8.31. The monoisotopic (exact) mass is 453 g/mol. The van der Waals surface area contributed by atoms with Gasteiger partial charge in [0, 0.05) is 17.5 Å². The summed E-state index contributed by atoms with van der Waals surface area (Å²) in [5.74, 6) is -0.225. The van der Waals surface area contributed by atoms with E-state index in [1.165, 1.54) is 27.6 Å². The Morgan fingerprint density at radius 1 is 1.06 bits per heavy atom. The predicted octanol–water partition coefficient (Wildman–Crippen LogP) is 4.64. The van der Waals surface area contributed by atoms with E-state index in [0.717, 1.165) is 21.5 Å². The Morgan fingerprint density at radius 3 is 2.55 bits per heavy atom. The number of carbonyl (C=O) groups is 2. The fourth-order valence-corrected chi connectivity index (χ4v) is 4.75. The molecule has 4 aromatic rings. The van der Waals surface area contributed by atoms with Gasteiger partial charge in [0.15, 0.2) is 17.4 Å². The third kappa shape index (κ3) is 4.57. The fourth-order valence-electron chi connectivity index (χ4n) is 2.91. The Labute approximate surface area is 186 Å². The molecular formula is C22H19N3O4S2. The van der Waals surface area contributed by atoms with Gasteiger partial charge in [-0.05, 0) is 43.3 Å². The van der Waals surface area contributed by atoms with Crippen LogP contribution in [-0.4, -0.2) is 42.1 Å². The van der Waals surface area contributed by atoms with Crippen molar-refractivity contribution in [2.45, 2.75) is 6.92 Å². The van der Waals surface area contributed by atoms with Crippen molar-refractivity contribution >= 4 is 49.9 Å². The number of methoxy groups -OCH3 is 1. The minimum atomic E-state index is -0.635. The number of likely N-dealkylation sites (N-methyl/N-ethyl adjacent to an activating group) is 1. The van der Waals surface area contributed by atoms with Gasteiger partial charge in [-0.3, -0.25) is 9.69 Å². The number of benzene rings is 2. The zero-order chi connectivity index (χ0) is 21.8. The van der Waals surface area contributed by atoms with Crippen LogP contribution >= 0.6 is 22.7 Å². The van der Waals surface area contributed by atoms with E-state index in [-0.39, 0.29) is 18.2 Å². The Morgan fingerprint density at radius 2 is 1.84 bits per heavy atom. The lowest BCUT2D eigenvalue weighted by atomic mass is 10.2. The van der Waals surface area contributed by atoms with Gasteiger partial charge in [0.2, 0.25) is 0 Å². The van der Waals surface area contributed by atoms with Crippen LogP contribution in [0.1, 0.15) is 17.4 Å². The van der Waals surface area contributed by atoms with Crippen molar-refractivity contribution in [3.63, 3.8) is 0 Å². The van der Waals surface area contributed by atoms with Crippen LogP contribution in [0.3, 0.4) is 0 Å². The third-order valence-corrected chi connectivity index (χ3v) is 6.46. The lowest BCUT2D eigenvalue weighted by Crippen LogP contribution is -2.34. The average Bonchev–Trinajstić information content (AvgIpc) is 3.45. The van der Waals surface area contributed by atoms with Crippen molar-refractivity contribution in [2.75, 3.05) is 25.2 Å². The summed E-state index contributed by atoms with van der Waals surface area (Å²) in [5, 5.41) is 2.89. The molecule has 0 radical (unpaired) electrons. The number of hydrogen-bond donors (Lipinski definition) is 0. The van der Waals surface area contributed by atoms with Crippen LogP contribution in [-0.2, 0) is 9.53 Å². The number of aromatic nitrogens is 2. The molecule has 0 atom stereocenters. The molecule has 0 saturated carbocycles. The molecule has 0 aliphatic heterocycles. The van der Waals surface area contributed by atoms with Gasteiger partial charge >= 0.3 is 5.97 Å². The van der Waals surface area contributed by atoms with Gasteiger partial charge in [0.1, 0.15) is 10.8 Å². The summed E-state index contributed by atoms with van der Waals surface area (Å²) in [6.45, 7) is 1.90. The molecule has 7 nitrogen and oxygen atoms in total. The quantitative estimate of drug-likeness (QED) is 0.379. The summed E-state index contributed by atoms with van der Waals surface area (Å²) >= 11 is 2.76. The van der Waals surface area contributed by atoms with E-state index in [9.17, 15) is 9.59 Å². The molecule has 0 N–H and O–H groups in total. The highest BCUT2D eigenvalue weighted by Crippen LogP contribution is 2.29.